The third-order valence-electron chi connectivity index (χ3n) is 2.09. The van der Waals surface area contributed by atoms with Crippen molar-refractivity contribution >= 4 is 29.0 Å². The highest BCUT2D eigenvalue weighted by Gasteiger charge is 2.27. The molecule has 3 nitrogen and oxygen atoms in total. The van der Waals surface area contributed by atoms with E-state index in [9.17, 15) is 0 Å². The minimum Gasteiger partial charge on any atom is -0.366 e. The van der Waals surface area contributed by atoms with Crippen LogP contribution >= 0.6 is 23.2 Å². The number of alkyl halides is 1. The van der Waals surface area contributed by atoms with Crippen LogP contribution in [0.1, 0.15) is 12.8 Å². The number of hydrogen-bond acceptors (Lipinski definition) is 3. The molecule has 1 fully saturated rings. The molecular weight excluding hydrogens is 209 g/mol. The minimum atomic E-state index is 0.304. The molecule has 0 aliphatic heterocycles. The quantitative estimate of drug-likeness (QED) is 0.774. The summed E-state index contributed by atoms with van der Waals surface area (Å²) in [5.41, 5.74) is 0. The summed E-state index contributed by atoms with van der Waals surface area (Å²) >= 11 is 11.7. The van der Waals surface area contributed by atoms with E-state index in [0.29, 0.717) is 22.3 Å². The van der Waals surface area contributed by atoms with Crippen LogP contribution in [0.3, 0.4) is 0 Å². The van der Waals surface area contributed by atoms with Crippen LogP contribution in [0.4, 0.5) is 5.82 Å². The van der Waals surface area contributed by atoms with Gasteiger partial charge in [0.05, 0.1) is 6.20 Å². The van der Waals surface area contributed by atoms with Gasteiger partial charge >= 0.3 is 0 Å². The SMILES string of the molecule is Clc1cncnc1NC1CC(Cl)C1. The Morgan fingerprint density at radius 1 is 1.46 bits per heavy atom. The van der Waals surface area contributed by atoms with E-state index in [1.807, 2.05) is 0 Å². The zero-order chi connectivity index (χ0) is 9.26. The third kappa shape index (κ3) is 2.03. The molecule has 70 valence electrons. The molecule has 1 aromatic rings. The number of anilines is 1. The summed E-state index contributed by atoms with van der Waals surface area (Å²) in [4.78, 5) is 7.83. The van der Waals surface area contributed by atoms with E-state index in [4.69, 9.17) is 23.2 Å². The van der Waals surface area contributed by atoms with Gasteiger partial charge in [-0.15, -0.1) is 11.6 Å². The highest BCUT2D eigenvalue weighted by Crippen LogP contribution is 2.29. The Balaban J connectivity index is 1.98. The molecule has 0 bridgehead atoms. The summed E-state index contributed by atoms with van der Waals surface area (Å²) in [6.45, 7) is 0. The van der Waals surface area contributed by atoms with E-state index in [2.05, 4.69) is 15.3 Å². The van der Waals surface area contributed by atoms with Crippen LogP contribution in [0.15, 0.2) is 12.5 Å². The van der Waals surface area contributed by atoms with Crippen molar-refractivity contribution < 1.29 is 0 Å². The second kappa shape index (κ2) is 3.68. The largest absolute Gasteiger partial charge is 0.366 e. The van der Waals surface area contributed by atoms with E-state index >= 15 is 0 Å². The van der Waals surface area contributed by atoms with Crippen LogP contribution < -0.4 is 5.32 Å². The van der Waals surface area contributed by atoms with Gasteiger partial charge in [0, 0.05) is 11.4 Å². The molecule has 1 N–H and O–H groups in total. The Kier molecular flexibility index (Phi) is 2.56. The molecule has 13 heavy (non-hydrogen) atoms. The van der Waals surface area contributed by atoms with Crippen LogP contribution in [0, 0.1) is 0 Å². The van der Waals surface area contributed by atoms with Gasteiger partial charge in [-0.3, -0.25) is 0 Å². The van der Waals surface area contributed by atoms with Crippen molar-refractivity contribution in [2.45, 2.75) is 24.3 Å². The van der Waals surface area contributed by atoms with Gasteiger partial charge in [-0.2, -0.15) is 0 Å². The van der Waals surface area contributed by atoms with Crippen molar-refractivity contribution in [3.8, 4) is 0 Å². The van der Waals surface area contributed by atoms with E-state index in [0.717, 1.165) is 12.8 Å². The smallest absolute Gasteiger partial charge is 0.148 e. The Labute approximate surface area is 86.5 Å². The monoisotopic (exact) mass is 217 g/mol. The molecule has 0 radical (unpaired) electrons. The lowest BCUT2D eigenvalue weighted by Crippen LogP contribution is -2.36. The Hall–Kier alpha value is -0.540. The predicted molar refractivity (Wildman–Crippen MR) is 53.3 cm³/mol. The average molecular weight is 218 g/mol. The van der Waals surface area contributed by atoms with Gasteiger partial charge in [-0.05, 0) is 12.8 Å². The Morgan fingerprint density at radius 3 is 2.85 bits per heavy atom. The van der Waals surface area contributed by atoms with Crippen molar-refractivity contribution in [3.05, 3.63) is 17.5 Å². The van der Waals surface area contributed by atoms with Gasteiger partial charge in [0.25, 0.3) is 0 Å². The minimum absolute atomic E-state index is 0.304. The molecule has 0 amide bonds. The van der Waals surface area contributed by atoms with Crippen molar-refractivity contribution in [2.75, 3.05) is 5.32 Å². The van der Waals surface area contributed by atoms with Gasteiger partial charge in [0.15, 0.2) is 0 Å². The number of halogens is 2. The second-order valence-electron chi connectivity index (χ2n) is 3.13. The molecule has 0 saturated heterocycles. The number of nitrogens with one attached hydrogen (secondary N) is 1. The van der Waals surface area contributed by atoms with Crippen LogP contribution in [0.25, 0.3) is 0 Å². The standard InChI is InChI=1S/C8H9Cl2N3/c9-5-1-6(2-5)13-8-7(10)3-11-4-12-8/h3-6H,1-2H2,(H,11,12,13). The third-order valence-corrected chi connectivity index (χ3v) is 2.72. The summed E-state index contributed by atoms with van der Waals surface area (Å²) < 4.78 is 0. The Bertz CT molecular complexity index is 299. The maximum atomic E-state index is 5.87. The molecule has 1 aliphatic rings. The van der Waals surface area contributed by atoms with E-state index in [1.54, 1.807) is 6.20 Å². The summed E-state index contributed by atoms with van der Waals surface area (Å²) in [5.74, 6) is 0.699. The fourth-order valence-electron chi connectivity index (χ4n) is 1.28. The Morgan fingerprint density at radius 2 is 2.23 bits per heavy atom. The molecule has 1 aliphatic carbocycles. The zero-order valence-corrected chi connectivity index (χ0v) is 8.39. The fraction of sp³-hybridized carbons (Fsp3) is 0.500. The van der Waals surface area contributed by atoms with Crippen LogP contribution in [0.2, 0.25) is 5.02 Å². The number of nitrogens with zero attached hydrogens (tertiary/aromatic N) is 2. The molecule has 5 heteroatoms. The highest BCUT2D eigenvalue weighted by molar-refractivity contribution is 6.32. The van der Waals surface area contributed by atoms with E-state index in [-0.39, 0.29) is 0 Å². The number of rotatable bonds is 2. The zero-order valence-electron chi connectivity index (χ0n) is 6.87. The molecule has 1 heterocycles. The molecule has 2 rings (SSSR count). The van der Waals surface area contributed by atoms with Gasteiger partial charge in [-0.1, -0.05) is 11.6 Å². The van der Waals surface area contributed by atoms with Crippen molar-refractivity contribution in [3.63, 3.8) is 0 Å². The van der Waals surface area contributed by atoms with Gasteiger partial charge in [0.1, 0.15) is 17.2 Å². The van der Waals surface area contributed by atoms with Crippen LogP contribution in [-0.2, 0) is 0 Å². The highest BCUT2D eigenvalue weighted by atomic mass is 35.5. The first-order chi connectivity index (χ1) is 6.25. The van der Waals surface area contributed by atoms with Gasteiger partial charge in [0.2, 0.25) is 0 Å². The maximum Gasteiger partial charge on any atom is 0.148 e. The number of aromatic nitrogens is 2. The van der Waals surface area contributed by atoms with Crippen molar-refractivity contribution in [1.29, 1.82) is 0 Å². The molecule has 0 unspecified atom stereocenters. The topological polar surface area (TPSA) is 37.8 Å². The normalized spacial score (nSPS) is 26.6. The molecule has 1 saturated carbocycles. The first-order valence-electron chi connectivity index (χ1n) is 4.12. The summed E-state index contributed by atoms with van der Waals surface area (Å²) in [6, 6.07) is 0.412. The summed E-state index contributed by atoms with van der Waals surface area (Å²) in [7, 11) is 0. The van der Waals surface area contributed by atoms with Gasteiger partial charge in [-0.25, -0.2) is 9.97 Å². The molecule has 0 spiro atoms. The average Bonchev–Trinajstić information content (AvgIpc) is 2.06. The van der Waals surface area contributed by atoms with Crippen LogP contribution in [0.5, 0.6) is 0 Å². The van der Waals surface area contributed by atoms with Crippen molar-refractivity contribution in [1.82, 2.24) is 9.97 Å². The molecular formula is C8H9Cl2N3. The van der Waals surface area contributed by atoms with Crippen LogP contribution in [-0.4, -0.2) is 21.4 Å². The van der Waals surface area contributed by atoms with Gasteiger partial charge < -0.3 is 5.32 Å². The second-order valence-corrected chi connectivity index (χ2v) is 4.15. The summed E-state index contributed by atoms with van der Waals surface area (Å²) in [5, 5.41) is 4.07. The lowest BCUT2D eigenvalue weighted by atomic mass is 9.92. The first-order valence-corrected chi connectivity index (χ1v) is 4.93. The van der Waals surface area contributed by atoms with Crippen molar-refractivity contribution in [2.24, 2.45) is 0 Å². The fourth-order valence-corrected chi connectivity index (χ4v) is 1.87. The van der Waals surface area contributed by atoms with E-state index in [1.165, 1.54) is 6.33 Å². The molecule has 0 atom stereocenters. The first kappa shape index (κ1) is 9.03. The van der Waals surface area contributed by atoms with E-state index < -0.39 is 0 Å². The lowest BCUT2D eigenvalue weighted by Gasteiger charge is -2.32. The predicted octanol–water partition coefficient (Wildman–Crippen LogP) is 2.31. The number of hydrogen-bond donors (Lipinski definition) is 1. The molecule has 0 aromatic carbocycles. The maximum absolute atomic E-state index is 5.87. The molecule has 1 aromatic heterocycles. The lowest BCUT2D eigenvalue weighted by molar-refractivity contribution is 0.453. The summed E-state index contributed by atoms with van der Waals surface area (Å²) in [6.07, 6.45) is 5.00.